The molecule has 2 aromatic heterocycles. The molecule has 0 fully saturated rings. The molecule has 4 rings (SSSR count). The summed E-state index contributed by atoms with van der Waals surface area (Å²) in [7, 11) is 0. The van der Waals surface area contributed by atoms with Crippen LogP contribution in [-0.4, -0.2) is 22.5 Å². The van der Waals surface area contributed by atoms with Gasteiger partial charge in [-0.1, -0.05) is 30.3 Å². The first kappa shape index (κ1) is 17.8. The van der Waals surface area contributed by atoms with Crippen molar-refractivity contribution in [3.8, 4) is 23.1 Å². The third-order valence-electron chi connectivity index (χ3n) is 4.27. The molecule has 1 amide bonds. The lowest BCUT2D eigenvalue weighted by atomic mass is 10.1. The smallest absolute Gasteiger partial charge is 0.264 e. The number of aryl methyl sites for hydroxylation is 1. The van der Waals surface area contributed by atoms with Gasteiger partial charge in [0.15, 0.2) is 11.7 Å². The Morgan fingerprint density at radius 2 is 2.04 bits per heavy atom. The van der Waals surface area contributed by atoms with Gasteiger partial charge in [0.05, 0.1) is 11.3 Å². The Balaban J connectivity index is 1.47. The fraction of sp³-hybridized carbons (Fsp3) is 0.0952. The molecule has 2 aromatic carbocycles. The molecule has 2 heterocycles. The summed E-state index contributed by atoms with van der Waals surface area (Å²) in [5.41, 5.74) is 4.32. The minimum atomic E-state index is -0.329. The summed E-state index contributed by atoms with van der Waals surface area (Å²) in [6.07, 6.45) is 0. The summed E-state index contributed by atoms with van der Waals surface area (Å²) in [6, 6.07) is 16.9. The first-order chi connectivity index (χ1) is 13.7. The van der Waals surface area contributed by atoms with Gasteiger partial charge in [-0.3, -0.25) is 10.1 Å². The molecule has 0 atom stereocenters. The molecule has 0 aliphatic rings. The number of hydrogen-bond donors (Lipinski definition) is 2. The number of rotatable bonds is 5. The van der Waals surface area contributed by atoms with Gasteiger partial charge in [0.1, 0.15) is 11.8 Å². The van der Waals surface area contributed by atoms with Crippen LogP contribution in [0.4, 0.5) is 5.13 Å². The lowest BCUT2D eigenvalue weighted by Gasteiger charge is -2.06. The summed E-state index contributed by atoms with van der Waals surface area (Å²) in [5, 5.41) is 15.3. The maximum Gasteiger partial charge on any atom is 0.264 e. The molecule has 0 aliphatic carbocycles. The number of amides is 1. The molecule has 0 saturated heterocycles. The number of ether oxygens (including phenoxy) is 1. The number of carbonyl (C=O) groups excluding carboxylic acids is 1. The number of aromatic amines is 1. The van der Waals surface area contributed by atoms with Crippen LogP contribution in [0.3, 0.4) is 0 Å². The van der Waals surface area contributed by atoms with Gasteiger partial charge >= 0.3 is 0 Å². The van der Waals surface area contributed by atoms with E-state index in [0.29, 0.717) is 16.4 Å². The van der Waals surface area contributed by atoms with E-state index in [1.165, 1.54) is 11.3 Å². The Hall–Kier alpha value is -3.63. The number of anilines is 1. The standard InChI is InChI=1S/C21H16N4O2S/c1-13-20(15-7-3-4-8-16(15)23-13)17-12-28-21(24-17)25-19(26)11-27-18-9-5-2-6-14(18)10-22/h2-9,12,23H,11H2,1H3,(H,24,25,26). The van der Waals surface area contributed by atoms with E-state index in [9.17, 15) is 4.79 Å². The number of nitrogens with zero attached hydrogens (tertiary/aromatic N) is 2. The molecule has 7 heteroatoms. The highest BCUT2D eigenvalue weighted by Crippen LogP contribution is 2.33. The van der Waals surface area contributed by atoms with Crippen LogP contribution in [0, 0.1) is 18.3 Å². The Morgan fingerprint density at radius 1 is 1.25 bits per heavy atom. The number of benzene rings is 2. The summed E-state index contributed by atoms with van der Waals surface area (Å²) >= 11 is 1.36. The molecule has 0 saturated carbocycles. The van der Waals surface area contributed by atoms with Crippen molar-refractivity contribution < 1.29 is 9.53 Å². The number of hydrogen-bond acceptors (Lipinski definition) is 5. The topological polar surface area (TPSA) is 90.8 Å². The van der Waals surface area contributed by atoms with Gasteiger partial charge in [-0.05, 0) is 25.1 Å². The molecule has 28 heavy (non-hydrogen) atoms. The van der Waals surface area contributed by atoms with E-state index in [4.69, 9.17) is 10.00 Å². The maximum absolute atomic E-state index is 12.2. The second kappa shape index (κ2) is 7.55. The number of fused-ring (bicyclic) bond motifs is 1. The Labute approximate surface area is 165 Å². The minimum absolute atomic E-state index is 0.195. The molecule has 6 nitrogen and oxygen atoms in total. The van der Waals surface area contributed by atoms with Gasteiger partial charge in [0.25, 0.3) is 5.91 Å². The highest BCUT2D eigenvalue weighted by molar-refractivity contribution is 7.14. The van der Waals surface area contributed by atoms with Crippen molar-refractivity contribution in [2.24, 2.45) is 0 Å². The first-order valence-electron chi connectivity index (χ1n) is 8.60. The predicted octanol–water partition coefficient (Wildman–Crippen LogP) is 4.49. The van der Waals surface area contributed by atoms with Crippen LogP contribution in [0.25, 0.3) is 22.2 Å². The normalized spacial score (nSPS) is 10.6. The summed E-state index contributed by atoms with van der Waals surface area (Å²) < 4.78 is 5.46. The van der Waals surface area contributed by atoms with Gasteiger partial charge in [-0.15, -0.1) is 11.3 Å². The summed E-state index contributed by atoms with van der Waals surface area (Å²) in [5.74, 6) is 0.0543. The zero-order valence-electron chi connectivity index (χ0n) is 15.0. The number of H-pyrrole nitrogens is 1. The molecule has 0 radical (unpaired) electrons. The second-order valence-corrected chi connectivity index (χ2v) is 7.01. The van der Waals surface area contributed by atoms with E-state index in [1.807, 2.05) is 42.6 Å². The number of thiazole rings is 1. The molecule has 0 bridgehead atoms. The van der Waals surface area contributed by atoms with Gasteiger partial charge in [0.2, 0.25) is 0 Å². The average Bonchev–Trinajstić information content (AvgIpc) is 3.29. The highest BCUT2D eigenvalue weighted by atomic mass is 32.1. The molecule has 0 spiro atoms. The van der Waals surface area contributed by atoms with Crippen molar-refractivity contribution in [2.45, 2.75) is 6.92 Å². The largest absolute Gasteiger partial charge is 0.482 e. The van der Waals surface area contributed by atoms with E-state index >= 15 is 0 Å². The maximum atomic E-state index is 12.2. The van der Waals surface area contributed by atoms with Gasteiger partial charge < -0.3 is 9.72 Å². The monoisotopic (exact) mass is 388 g/mol. The van der Waals surface area contributed by atoms with E-state index in [-0.39, 0.29) is 12.5 Å². The molecule has 0 unspecified atom stereocenters. The Morgan fingerprint density at radius 3 is 2.89 bits per heavy atom. The molecule has 2 N–H and O–H groups in total. The molecule has 138 valence electrons. The fourth-order valence-electron chi connectivity index (χ4n) is 3.04. The van der Waals surface area contributed by atoms with Crippen LogP contribution in [-0.2, 0) is 4.79 Å². The van der Waals surface area contributed by atoms with Gasteiger partial charge in [-0.25, -0.2) is 4.98 Å². The van der Waals surface area contributed by atoms with Crippen molar-refractivity contribution in [3.63, 3.8) is 0 Å². The number of aromatic nitrogens is 2. The minimum Gasteiger partial charge on any atom is -0.482 e. The van der Waals surface area contributed by atoms with Gasteiger partial charge in [0, 0.05) is 27.5 Å². The number of para-hydroxylation sites is 2. The third-order valence-corrected chi connectivity index (χ3v) is 5.02. The lowest BCUT2D eigenvalue weighted by Crippen LogP contribution is -2.20. The van der Waals surface area contributed by atoms with E-state index in [1.54, 1.807) is 24.3 Å². The average molecular weight is 388 g/mol. The van der Waals surface area contributed by atoms with E-state index in [2.05, 4.69) is 15.3 Å². The van der Waals surface area contributed by atoms with E-state index < -0.39 is 0 Å². The van der Waals surface area contributed by atoms with Gasteiger partial charge in [-0.2, -0.15) is 5.26 Å². The SMILES string of the molecule is Cc1[nH]c2ccccc2c1-c1csc(NC(=O)COc2ccccc2C#N)n1. The summed E-state index contributed by atoms with van der Waals surface area (Å²) in [6.45, 7) is 1.81. The number of carbonyl (C=O) groups is 1. The summed E-state index contributed by atoms with van der Waals surface area (Å²) in [4.78, 5) is 20.1. The third kappa shape index (κ3) is 3.46. The first-order valence-corrected chi connectivity index (χ1v) is 9.48. The number of nitrogens with one attached hydrogen (secondary N) is 2. The van der Waals surface area contributed by atoms with Crippen molar-refractivity contribution in [2.75, 3.05) is 11.9 Å². The van der Waals surface area contributed by atoms with Crippen LogP contribution >= 0.6 is 11.3 Å². The second-order valence-electron chi connectivity index (χ2n) is 6.15. The highest BCUT2D eigenvalue weighted by Gasteiger charge is 2.15. The van der Waals surface area contributed by atoms with Crippen molar-refractivity contribution in [3.05, 3.63) is 65.2 Å². The van der Waals surface area contributed by atoms with E-state index in [0.717, 1.165) is 27.9 Å². The predicted molar refractivity (Wildman–Crippen MR) is 109 cm³/mol. The zero-order valence-corrected chi connectivity index (χ0v) is 15.8. The van der Waals surface area contributed by atoms with Crippen LogP contribution in [0.2, 0.25) is 0 Å². The molecular formula is C21H16N4O2S. The van der Waals surface area contributed by atoms with Crippen molar-refractivity contribution in [1.29, 1.82) is 5.26 Å². The van der Waals surface area contributed by atoms with Crippen molar-refractivity contribution >= 4 is 33.3 Å². The molecular weight excluding hydrogens is 372 g/mol. The number of nitriles is 1. The Bertz CT molecular complexity index is 1200. The molecule has 0 aliphatic heterocycles. The molecule has 4 aromatic rings. The zero-order chi connectivity index (χ0) is 19.5. The van der Waals surface area contributed by atoms with Crippen LogP contribution in [0.1, 0.15) is 11.3 Å². The van der Waals surface area contributed by atoms with Crippen LogP contribution in [0.5, 0.6) is 5.75 Å². The van der Waals surface area contributed by atoms with Crippen molar-refractivity contribution in [1.82, 2.24) is 9.97 Å². The lowest BCUT2D eigenvalue weighted by molar-refractivity contribution is -0.118. The van der Waals surface area contributed by atoms with Crippen LogP contribution in [0.15, 0.2) is 53.9 Å². The fourth-order valence-corrected chi connectivity index (χ4v) is 3.75. The van der Waals surface area contributed by atoms with Crippen LogP contribution < -0.4 is 10.1 Å². The Kier molecular flexibility index (Phi) is 4.79. The quantitative estimate of drug-likeness (QED) is 0.527.